The fourth-order valence-electron chi connectivity index (χ4n) is 4.20. The molecule has 178 valence electrons. The van der Waals surface area contributed by atoms with Gasteiger partial charge in [-0.3, -0.25) is 9.59 Å². The lowest BCUT2D eigenvalue weighted by Crippen LogP contribution is -2.27. The van der Waals surface area contributed by atoms with E-state index in [0.29, 0.717) is 26.2 Å². The number of carbonyl (C=O) groups is 1. The van der Waals surface area contributed by atoms with Crippen LogP contribution in [-0.4, -0.2) is 26.8 Å². The van der Waals surface area contributed by atoms with Gasteiger partial charge in [-0.1, -0.05) is 6.42 Å². The predicted octanol–water partition coefficient (Wildman–Crippen LogP) is 5.55. The molecule has 11 heteroatoms. The average molecular weight is 508 g/mol. The highest BCUT2D eigenvalue weighted by molar-refractivity contribution is 7.18. The number of aromatic nitrogens is 3. The molecule has 0 amide bonds. The Morgan fingerprint density at radius 2 is 1.91 bits per heavy atom. The molecule has 1 aromatic carbocycles. The molecule has 0 N–H and O–H groups in total. The molecule has 34 heavy (non-hydrogen) atoms. The molecule has 0 unspecified atom stereocenters. The van der Waals surface area contributed by atoms with Crippen molar-refractivity contribution in [3.8, 4) is 0 Å². The van der Waals surface area contributed by atoms with Crippen molar-refractivity contribution in [1.82, 2.24) is 14.8 Å². The first-order chi connectivity index (χ1) is 16.3. The van der Waals surface area contributed by atoms with Crippen LogP contribution in [0.15, 0.2) is 33.8 Å². The summed E-state index contributed by atoms with van der Waals surface area (Å²) < 4.78 is 46.5. The first-order valence-electron chi connectivity index (χ1n) is 10.9. The third kappa shape index (κ3) is 4.72. The van der Waals surface area contributed by atoms with Crippen molar-refractivity contribution in [2.75, 3.05) is 0 Å². The van der Waals surface area contributed by atoms with Crippen LogP contribution in [-0.2, 0) is 28.7 Å². The van der Waals surface area contributed by atoms with E-state index in [0.717, 1.165) is 44.2 Å². The fourth-order valence-corrected chi connectivity index (χ4v) is 5.96. The number of nitrogens with zero attached hydrogens (tertiary/aromatic N) is 3. The number of halogens is 3. The van der Waals surface area contributed by atoms with Crippen LogP contribution in [0.4, 0.5) is 13.2 Å². The fraction of sp³-hybridized carbons (Fsp3) is 0.391. The molecule has 0 aliphatic heterocycles. The molecule has 1 aliphatic carbocycles. The smallest absolute Gasteiger partial charge is 0.416 e. The van der Waals surface area contributed by atoms with Crippen LogP contribution in [0.3, 0.4) is 0 Å². The number of thiazole rings is 1. The Morgan fingerprint density at radius 3 is 2.68 bits per heavy atom. The van der Waals surface area contributed by atoms with E-state index in [4.69, 9.17) is 4.74 Å². The Morgan fingerprint density at radius 1 is 1.15 bits per heavy atom. The standard InChI is InChI=1S/C23H20F3N3O3S2/c24-23(25,26)13-6-7-19-18(8-13)27-20(34-19)10-29-22(31)16-12-33-11-15(16)17(28-29)9-21(30)32-14-4-2-1-3-5-14/h6-8,11-12,14H,1-5,9-10H2. The van der Waals surface area contributed by atoms with Gasteiger partial charge in [0.2, 0.25) is 0 Å². The summed E-state index contributed by atoms with van der Waals surface area (Å²) in [6.45, 7) is -0.00398. The van der Waals surface area contributed by atoms with Gasteiger partial charge in [-0.15, -0.1) is 11.3 Å². The van der Waals surface area contributed by atoms with E-state index in [2.05, 4.69) is 10.1 Å². The highest BCUT2D eigenvalue weighted by atomic mass is 32.1. The number of hydrogen-bond acceptors (Lipinski definition) is 7. The molecule has 0 radical (unpaired) electrons. The molecule has 1 fully saturated rings. The molecule has 0 atom stereocenters. The Hall–Kier alpha value is -2.79. The number of carbonyl (C=O) groups excluding carboxylic acids is 1. The van der Waals surface area contributed by atoms with Crippen LogP contribution < -0.4 is 5.56 Å². The largest absolute Gasteiger partial charge is 0.462 e. The lowest BCUT2D eigenvalue weighted by atomic mass is 9.98. The highest BCUT2D eigenvalue weighted by Gasteiger charge is 2.31. The second-order valence-corrected chi connectivity index (χ2v) is 10.2. The van der Waals surface area contributed by atoms with Gasteiger partial charge in [0.25, 0.3) is 5.56 Å². The number of benzene rings is 1. The Labute approximate surface area is 200 Å². The van der Waals surface area contributed by atoms with Gasteiger partial charge in [-0.25, -0.2) is 9.67 Å². The third-order valence-electron chi connectivity index (χ3n) is 5.89. The van der Waals surface area contributed by atoms with Crippen LogP contribution in [0.1, 0.15) is 48.4 Å². The van der Waals surface area contributed by atoms with Crippen molar-refractivity contribution in [2.24, 2.45) is 0 Å². The number of esters is 1. The maximum absolute atomic E-state index is 13.0. The van der Waals surface area contributed by atoms with Crippen LogP contribution >= 0.6 is 22.7 Å². The zero-order valence-corrected chi connectivity index (χ0v) is 19.6. The summed E-state index contributed by atoms with van der Waals surface area (Å²) >= 11 is 2.55. The number of rotatable bonds is 5. The average Bonchev–Trinajstić information content (AvgIpc) is 3.43. The second kappa shape index (κ2) is 9.10. The van der Waals surface area contributed by atoms with Gasteiger partial charge in [0.05, 0.1) is 39.8 Å². The second-order valence-electron chi connectivity index (χ2n) is 8.32. The lowest BCUT2D eigenvalue weighted by Gasteiger charge is -2.21. The van der Waals surface area contributed by atoms with E-state index >= 15 is 0 Å². The quantitative estimate of drug-likeness (QED) is 0.331. The molecule has 0 bridgehead atoms. The van der Waals surface area contributed by atoms with Gasteiger partial charge >= 0.3 is 12.1 Å². The van der Waals surface area contributed by atoms with Crippen molar-refractivity contribution in [2.45, 2.75) is 57.3 Å². The van der Waals surface area contributed by atoms with Gasteiger partial charge in [0, 0.05) is 16.1 Å². The van der Waals surface area contributed by atoms with Gasteiger partial charge < -0.3 is 4.74 Å². The maximum Gasteiger partial charge on any atom is 0.416 e. The normalized spacial score (nSPS) is 15.3. The SMILES string of the molecule is O=C(Cc1nn(Cc2nc3cc(C(F)(F)F)ccc3s2)c(=O)c2cscc12)OC1CCCCC1. The van der Waals surface area contributed by atoms with Crippen molar-refractivity contribution < 1.29 is 22.7 Å². The van der Waals surface area contributed by atoms with Crippen molar-refractivity contribution in [3.63, 3.8) is 0 Å². The summed E-state index contributed by atoms with van der Waals surface area (Å²) in [6, 6.07) is 3.40. The van der Waals surface area contributed by atoms with E-state index in [1.807, 2.05) is 0 Å². The molecular formula is C23H20F3N3O3S2. The van der Waals surface area contributed by atoms with Gasteiger partial charge in [0.1, 0.15) is 11.1 Å². The van der Waals surface area contributed by atoms with Crippen LogP contribution in [0.25, 0.3) is 21.0 Å². The maximum atomic E-state index is 13.0. The molecule has 4 aromatic rings. The van der Waals surface area contributed by atoms with Gasteiger partial charge in [-0.2, -0.15) is 29.6 Å². The van der Waals surface area contributed by atoms with Gasteiger partial charge in [-0.05, 0) is 43.9 Å². The number of ether oxygens (including phenoxy) is 1. The minimum atomic E-state index is -4.46. The van der Waals surface area contributed by atoms with E-state index in [1.54, 1.807) is 10.8 Å². The predicted molar refractivity (Wildman–Crippen MR) is 124 cm³/mol. The van der Waals surface area contributed by atoms with Crippen molar-refractivity contribution in [1.29, 1.82) is 0 Å². The highest BCUT2D eigenvalue weighted by Crippen LogP contribution is 2.33. The summed E-state index contributed by atoms with van der Waals surface area (Å²) in [5.41, 5.74) is -0.450. The number of thiophene rings is 1. The molecule has 6 nitrogen and oxygen atoms in total. The van der Waals surface area contributed by atoms with E-state index in [-0.39, 0.29) is 36.1 Å². The molecule has 0 spiro atoms. The molecule has 1 aliphatic rings. The Kier molecular flexibility index (Phi) is 6.15. The van der Waals surface area contributed by atoms with Crippen molar-refractivity contribution >= 4 is 49.6 Å². The molecule has 5 rings (SSSR count). The molecule has 0 saturated heterocycles. The molecule has 3 heterocycles. The van der Waals surface area contributed by atoms with Crippen molar-refractivity contribution in [3.05, 3.63) is 55.6 Å². The summed E-state index contributed by atoms with van der Waals surface area (Å²) in [7, 11) is 0. The van der Waals surface area contributed by atoms with Crippen LogP contribution in [0, 0.1) is 0 Å². The number of hydrogen-bond donors (Lipinski definition) is 0. The Bertz CT molecular complexity index is 1420. The monoisotopic (exact) mass is 507 g/mol. The minimum Gasteiger partial charge on any atom is -0.462 e. The van der Waals surface area contributed by atoms with E-state index in [1.165, 1.54) is 33.4 Å². The minimum absolute atomic E-state index is 0.00398. The Balaban J connectivity index is 1.43. The summed E-state index contributed by atoms with van der Waals surface area (Å²) in [5.74, 6) is -0.378. The topological polar surface area (TPSA) is 74.1 Å². The first-order valence-corrected chi connectivity index (χ1v) is 12.7. The number of fused-ring (bicyclic) bond motifs is 2. The summed E-state index contributed by atoms with van der Waals surface area (Å²) in [4.78, 5) is 29.8. The molecular weight excluding hydrogens is 487 g/mol. The summed E-state index contributed by atoms with van der Waals surface area (Å²) in [6.07, 6.45) is 0.375. The molecule has 1 saturated carbocycles. The molecule has 3 aromatic heterocycles. The van der Waals surface area contributed by atoms with Crippen LogP contribution in [0.5, 0.6) is 0 Å². The zero-order valence-electron chi connectivity index (χ0n) is 17.9. The third-order valence-corrected chi connectivity index (χ3v) is 7.65. The van der Waals surface area contributed by atoms with E-state index in [9.17, 15) is 22.8 Å². The first kappa shape index (κ1) is 23.0. The lowest BCUT2D eigenvalue weighted by molar-refractivity contribution is -0.149. The van der Waals surface area contributed by atoms with E-state index < -0.39 is 11.7 Å². The number of alkyl halides is 3. The van der Waals surface area contributed by atoms with Crippen LogP contribution in [0.2, 0.25) is 0 Å². The zero-order chi connectivity index (χ0) is 23.9. The van der Waals surface area contributed by atoms with Gasteiger partial charge in [0.15, 0.2) is 0 Å². The summed E-state index contributed by atoms with van der Waals surface area (Å²) in [5, 5.41) is 9.43.